The van der Waals surface area contributed by atoms with E-state index >= 15 is 0 Å². The summed E-state index contributed by atoms with van der Waals surface area (Å²) in [6.45, 7) is 1.21. The molecule has 1 heterocycles. The molecule has 1 aromatic heterocycles. The minimum Gasteiger partial charge on any atom is -0.377 e. The number of anilines is 2. The van der Waals surface area contributed by atoms with E-state index < -0.39 is 0 Å². The van der Waals surface area contributed by atoms with Crippen molar-refractivity contribution in [1.29, 1.82) is 0 Å². The first-order valence-corrected chi connectivity index (χ1v) is 6.81. The second-order valence-electron chi connectivity index (χ2n) is 4.76. The largest absolute Gasteiger partial charge is 0.377 e. The molecule has 6 heteroatoms. The molecule has 21 heavy (non-hydrogen) atoms. The van der Waals surface area contributed by atoms with Crippen LogP contribution in [0.1, 0.15) is 11.4 Å². The Morgan fingerprint density at radius 2 is 2.00 bits per heavy atom. The van der Waals surface area contributed by atoms with Gasteiger partial charge in [0.05, 0.1) is 0 Å². The number of benzene rings is 1. The van der Waals surface area contributed by atoms with Gasteiger partial charge >= 0.3 is 0 Å². The predicted molar refractivity (Wildman–Crippen MR) is 84.0 cm³/mol. The fourth-order valence-corrected chi connectivity index (χ4v) is 2.00. The molecular formula is C15H21N5O. The van der Waals surface area contributed by atoms with Crippen LogP contribution in [0.3, 0.4) is 0 Å². The maximum Gasteiger partial charge on any atom is 0.158 e. The molecule has 0 fully saturated rings. The molecule has 6 nitrogen and oxygen atoms in total. The van der Waals surface area contributed by atoms with E-state index in [-0.39, 0.29) is 0 Å². The number of ether oxygens (including phenoxy) is 1. The standard InChI is InChI=1S/C15H21N5O/c1-20(9-8-12-6-4-3-5-7-12)15-10-13(19-16)17-14(18-15)11-21-2/h3-7,10H,8-9,11,16H2,1-2H3,(H,17,18,19). The third kappa shape index (κ3) is 4.40. The van der Waals surface area contributed by atoms with Crippen molar-refractivity contribution in [1.82, 2.24) is 9.97 Å². The van der Waals surface area contributed by atoms with Crippen LogP contribution in [0, 0.1) is 0 Å². The van der Waals surface area contributed by atoms with Crippen molar-refractivity contribution in [2.24, 2.45) is 5.84 Å². The van der Waals surface area contributed by atoms with Gasteiger partial charge in [0.15, 0.2) is 5.82 Å². The summed E-state index contributed by atoms with van der Waals surface area (Å²) in [6, 6.07) is 12.2. The van der Waals surface area contributed by atoms with Gasteiger partial charge in [0, 0.05) is 26.8 Å². The van der Waals surface area contributed by atoms with Gasteiger partial charge in [-0.3, -0.25) is 0 Å². The Bertz CT molecular complexity index is 561. The van der Waals surface area contributed by atoms with Crippen molar-refractivity contribution in [3.05, 3.63) is 47.8 Å². The maximum absolute atomic E-state index is 5.45. The molecule has 112 valence electrons. The van der Waals surface area contributed by atoms with Crippen LogP contribution in [0.25, 0.3) is 0 Å². The van der Waals surface area contributed by atoms with Crippen molar-refractivity contribution in [3.8, 4) is 0 Å². The van der Waals surface area contributed by atoms with E-state index in [9.17, 15) is 0 Å². The molecule has 0 saturated carbocycles. The highest BCUT2D eigenvalue weighted by Gasteiger charge is 2.08. The molecule has 0 bridgehead atoms. The molecule has 0 unspecified atom stereocenters. The highest BCUT2D eigenvalue weighted by Crippen LogP contribution is 2.15. The zero-order chi connectivity index (χ0) is 15.1. The number of nitrogens with one attached hydrogen (secondary N) is 1. The first-order chi connectivity index (χ1) is 10.2. The van der Waals surface area contributed by atoms with Crippen LogP contribution in [0.15, 0.2) is 36.4 Å². The van der Waals surface area contributed by atoms with E-state index in [0.29, 0.717) is 18.2 Å². The zero-order valence-corrected chi connectivity index (χ0v) is 12.4. The monoisotopic (exact) mass is 287 g/mol. The molecule has 1 aromatic carbocycles. The number of methoxy groups -OCH3 is 1. The lowest BCUT2D eigenvalue weighted by Gasteiger charge is -2.19. The number of hydrogen-bond donors (Lipinski definition) is 2. The molecule has 0 aliphatic carbocycles. The van der Waals surface area contributed by atoms with Crippen LogP contribution < -0.4 is 16.2 Å². The third-order valence-corrected chi connectivity index (χ3v) is 3.15. The molecule has 0 spiro atoms. The number of rotatable bonds is 7. The molecule has 0 saturated heterocycles. The van der Waals surface area contributed by atoms with Gasteiger partial charge < -0.3 is 15.1 Å². The smallest absolute Gasteiger partial charge is 0.158 e. The minimum absolute atomic E-state index is 0.356. The Hall–Kier alpha value is -2.18. The van der Waals surface area contributed by atoms with Gasteiger partial charge in [-0.05, 0) is 12.0 Å². The summed E-state index contributed by atoms with van der Waals surface area (Å²) in [4.78, 5) is 10.8. The summed E-state index contributed by atoms with van der Waals surface area (Å²) in [5, 5.41) is 0. The fraction of sp³-hybridized carbons (Fsp3) is 0.333. The number of hydrogen-bond acceptors (Lipinski definition) is 6. The number of likely N-dealkylation sites (N-methyl/N-ethyl adjacent to an activating group) is 1. The molecule has 0 aliphatic heterocycles. The molecule has 0 radical (unpaired) electrons. The van der Waals surface area contributed by atoms with Crippen molar-refractivity contribution < 1.29 is 4.74 Å². The van der Waals surface area contributed by atoms with Crippen molar-refractivity contribution >= 4 is 11.6 Å². The lowest BCUT2D eigenvalue weighted by Crippen LogP contribution is -2.23. The van der Waals surface area contributed by atoms with Gasteiger partial charge in [-0.15, -0.1) is 0 Å². The highest BCUT2D eigenvalue weighted by atomic mass is 16.5. The Balaban J connectivity index is 2.07. The van der Waals surface area contributed by atoms with Crippen LogP contribution in [0.2, 0.25) is 0 Å². The van der Waals surface area contributed by atoms with E-state index in [1.54, 1.807) is 7.11 Å². The van der Waals surface area contributed by atoms with Crippen LogP contribution in [-0.2, 0) is 17.8 Å². The van der Waals surface area contributed by atoms with Gasteiger partial charge in [0.1, 0.15) is 18.2 Å². The summed E-state index contributed by atoms with van der Waals surface area (Å²) >= 11 is 0. The van der Waals surface area contributed by atoms with Crippen molar-refractivity contribution in [3.63, 3.8) is 0 Å². The molecule has 0 aliphatic rings. The quantitative estimate of drug-likeness (QED) is 0.595. The first-order valence-electron chi connectivity index (χ1n) is 6.81. The van der Waals surface area contributed by atoms with Crippen LogP contribution in [0.4, 0.5) is 11.6 Å². The van der Waals surface area contributed by atoms with Crippen LogP contribution >= 0.6 is 0 Å². The number of nitrogen functional groups attached to an aromatic ring is 1. The molecule has 2 rings (SSSR count). The number of hydrazine groups is 1. The topological polar surface area (TPSA) is 76.3 Å². The second-order valence-corrected chi connectivity index (χ2v) is 4.76. The number of aromatic nitrogens is 2. The lowest BCUT2D eigenvalue weighted by molar-refractivity contribution is 0.178. The van der Waals surface area contributed by atoms with E-state index in [1.165, 1.54) is 5.56 Å². The Labute approximate surface area is 124 Å². The lowest BCUT2D eigenvalue weighted by atomic mass is 10.1. The Morgan fingerprint density at radius 3 is 2.67 bits per heavy atom. The van der Waals surface area contributed by atoms with Crippen molar-refractivity contribution in [2.75, 3.05) is 31.0 Å². The summed E-state index contributed by atoms with van der Waals surface area (Å²) < 4.78 is 5.08. The van der Waals surface area contributed by atoms with Gasteiger partial charge in [-0.2, -0.15) is 0 Å². The van der Waals surface area contributed by atoms with Gasteiger partial charge in [-0.25, -0.2) is 15.8 Å². The summed E-state index contributed by atoms with van der Waals surface area (Å²) in [7, 11) is 3.62. The van der Waals surface area contributed by atoms with E-state index in [1.807, 2.05) is 31.3 Å². The van der Waals surface area contributed by atoms with Crippen LogP contribution in [0.5, 0.6) is 0 Å². The predicted octanol–water partition coefficient (Wildman–Crippen LogP) is 1.59. The molecule has 0 amide bonds. The van der Waals surface area contributed by atoms with Gasteiger partial charge in [-0.1, -0.05) is 30.3 Å². The van der Waals surface area contributed by atoms with E-state index in [0.717, 1.165) is 18.8 Å². The average Bonchev–Trinajstić information content (AvgIpc) is 2.53. The van der Waals surface area contributed by atoms with E-state index in [2.05, 4.69) is 32.4 Å². The molecule has 2 aromatic rings. The summed E-state index contributed by atoms with van der Waals surface area (Å²) in [5.41, 5.74) is 3.86. The highest BCUT2D eigenvalue weighted by molar-refractivity contribution is 5.48. The Kier molecular flexibility index (Phi) is 5.48. The van der Waals surface area contributed by atoms with Gasteiger partial charge in [0.25, 0.3) is 0 Å². The Morgan fingerprint density at radius 1 is 1.24 bits per heavy atom. The molecule has 0 atom stereocenters. The second kappa shape index (κ2) is 7.56. The maximum atomic E-state index is 5.45. The number of nitrogens with zero attached hydrogens (tertiary/aromatic N) is 3. The summed E-state index contributed by atoms with van der Waals surface area (Å²) in [5.74, 6) is 7.46. The first kappa shape index (κ1) is 15.2. The van der Waals surface area contributed by atoms with Gasteiger partial charge in [0.2, 0.25) is 0 Å². The molecule has 3 N–H and O–H groups in total. The summed E-state index contributed by atoms with van der Waals surface area (Å²) in [6.07, 6.45) is 0.951. The zero-order valence-electron chi connectivity index (χ0n) is 12.4. The minimum atomic E-state index is 0.356. The number of nitrogens with two attached hydrogens (primary N) is 1. The normalized spacial score (nSPS) is 10.4. The fourth-order valence-electron chi connectivity index (χ4n) is 2.00. The SMILES string of the molecule is COCc1nc(NN)cc(N(C)CCc2ccccc2)n1. The molecular weight excluding hydrogens is 266 g/mol. The van der Waals surface area contributed by atoms with E-state index in [4.69, 9.17) is 10.6 Å². The average molecular weight is 287 g/mol. The van der Waals surface area contributed by atoms with Crippen LogP contribution in [-0.4, -0.2) is 30.7 Å². The third-order valence-electron chi connectivity index (χ3n) is 3.15. The van der Waals surface area contributed by atoms with Crippen molar-refractivity contribution in [2.45, 2.75) is 13.0 Å².